The van der Waals surface area contributed by atoms with Crippen LogP contribution >= 0.6 is 22.9 Å². The quantitative estimate of drug-likeness (QED) is 0.873. The number of carbonyl (C=O) groups excluding carboxylic acids is 1. The topological polar surface area (TPSA) is 74.2 Å². The number of thiazole rings is 1. The van der Waals surface area contributed by atoms with Crippen molar-refractivity contribution in [2.45, 2.75) is 32.7 Å². The summed E-state index contributed by atoms with van der Waals surface area (Å²) in [5, 5.41) is 6.39. The number of aromatic nitrogens is 3. The molecule has 1 aliphatic heterocycles. The van der Waals surface area contributed by atoms with Gasteiger partial charge in [0.15, 0.2) is 5.13 Å². The molecular formula is C15H22N6OS2. The van der Waals surface area contributed by atoms with Crippen LogP contribution in [0.3, 0.4) is 0 Å². The van der Waals surface area contributed by atoms with Crippen molar-refractivity contribution in [3.63, 3.8) is 0 Å². The van der Waals surface area contributed by atoms with Crippen molar-refractivity contribution in [3.05, 3.63) is 17.4 Å². The fourth-order valence-corrected chi connectivity index (χ4v) is 4.03. The number of carbonyl (C=O) groups is 1. The van der Waals surface area contributed by atoms with Crippen molar-refractivity contribution in [1.82, 2.24) is 19.2 Å². The maximum absolute atomic E-state index is 12.4. The summed E-state index contributed by atoms with van der Waals surface area (Å²) in [5.41, 5.74) is 0. The van der Waals surface area contributed by atoms with Gasteiger partial charge in [-0.3, -0.25) is 9.69 Å². The zero-order chi connectivity index (χ0) is 16.9. The number of aryl methyl sites for hydroxylation is 1. The maximum Gasteiger partial charge on any atom is 0.243 e. The molecule has 1 unspecified atom stereocenters. The second kappa shape index (κ2) is 8.00. The number of anilines is 2. The van der Waals surface area contributed by atoms with Gasteiger partial charge in [-0.25, -0.2) is 9.97 Å². The summed E-state index contributed by atoms with van der Waals surface area (Å²) >= 11 is 2.91. The van der Waals surface area contributed by atoms with E-state index in [2.05, 4.69) is 36.4 Å². The molecule has 0 bridgehead atoms. The smallest absolute Gasteiger partial charge is 0.243 e. The van der Waals surface area contributed by atoms with Gasteiger partial charge in [-0.05, 0) is 13.3 Å². The lowest BCUT2D eigenvalue weighted by molar-refractivity contribution is -0.120. The molecule has 1 fully saturated rings. The van der Waals surface area contributed by atoms with E-state index < -0.39 is 0 Å². The first kappa shape index (κ1) is 17.2. The van der Waals surface area contributed by atoms with Gasteiger partial charge in [0.25, 0.3) is 0 Å². The van der Waals surface area contributed by atoms with Crippen LogP contribution in [0.25, 0.3) is 0 Å². The Kier molecular flexibility index (Phi) is 5.75. The van der Waals surface area contributed by atoms with Crippen LogP contribution in [0.15, 0.2) is 11.6 Å². The monoisotopic (exact) mass is 366 g/mol. The predicted molar refractivity (Wildman–Crippen MR) is 97.9 cm³/mol. The van der Waals surface area contributed by atoms with Crippen molar-refractivity contribution >= 4 is 39.0 Å². The van der Waals surface area contributed by atoms with E-state index in [0.717, 1.165) is 50.0 Å². The summed E-state index contributed by atoms with van der Waals surface area (Å²) in [6.07, 6.45) is 3.57. The third kappa shape index (κ3) is 4.08. The normalized spacial score (nSPS) is 17.5. The van der Waals surface area contributed by atoms with Gasteiger partial charge in [-0.15, -0.1) is 11.3 Å². The van der Waals surface area contributed by atoms with E-state index in [9.17, 15) is 4.79 Å². The van der Waals surface area contributed by atoms with Crippen LogP contribution in [0.1, 0.15) is 26.1 Å². The second-order valence-corrected chi connectivity index (χ2v) is 7.35. The molecule has 130 valence electrons. The Morgan fingerprint density at radius 1 is 1.38 bits per heavy atom. The summed E-state index contributed by atoms with van der Waals surface area (Å²) in [4.78, 5) is 25.6. The van der Waals surface area contributed by atoms with Gasteiger partial charge in [0, 0.05) is 55.7 Å². The fraction of sp³-hybridized carbons (Fsp3) is 0.600. The van der Waals surface area contributed by atoms with Crippen molar-refractivity contribution < 1.29 is 4.79 Å². The number of rotatable bonds is 5. The van der Waals surface area contributed by atoms with Crippen LogP contribution in [0.2, 0.25) is 0 Å². The van der Waals surface area contributed by atoms with Crippen LogP contribution < -0.4 is 10.2 Å². The van der Waals surface area contributed by atoms with E-state index >= 15 is 0 Å². The van der Waals surface area contributed by atoms with Gasteiger partial charge >= 0.3 is 0 Å². The van der Waals surface area contributed by atoms with E-state index in [1.54, 1.807) is 6.20 Å². The Bertz CT molecular complexity index is 659. The Balaban J connectivity index is 1.57. The Morgan fingerprint density at radius 2 is 2.25 bits per heavy atom. The summed E-state index contributed by atoms with van der Waals surface area (Å²) in [6.45, 7) is 7.59. The average Bonchev–Trinajstić information content (AvgIpc) is 3.21. The minimum Gasteiger partial charge on any atom is -0.346 e. The molecule has 2 aromatic rings. The summed E-state index contributed by atoms with van der Waals surface area (Å²) in [7, 11) is 0. The van der Waals surface area contributed by atoms with Crippen LogP contribution in [-0.2, 0) is 11.2 Å². The highest BCUT2D eigenvalue weighted by molar-refractivity contribution is 7.13. The first-order chi connectivity index (χ1) is 11.7. The lowest BCUT2D eigenvalue weighted by atomic mass is 10.2. The molecule has 2 aromatic heterocycles. The van der Waals surface area contributed by atoms with E-state index in [1.807, 2.05) is 12.3 Å². The second-order valence-electron chi connectivity index (χ2n) is 5.73. The molecule has 0 aliphatic carbocycles. The summed E-state index contributed by atoms with van der Waals surface area (Å²) < 4.78 is 4.37. The first-order valence-corrected chi connectivity index (χ1v) is 9.84. The van der Waals surface area contributed by atoms with E-state index in [0.29, 0.717) is 5.13 Å². The van der Waals surface area contributed by atoms with Gasteiger partial charge in [-0.1, -0.05) is 6.92 Å². The highest BCUT2D eigenvalue weighted by Gasteiger charge is 2.25. The number of nitrogens with zero attached hydrogens (tertiary/aromatic N) is 5. The zero-order valence-electron chi connectivity index (χ0n) is 13.9. The highest BCUT2D eigenvalue weighted by Crippen LogP contribution is 2.20. The molecule has 0 radical (unpaired) electrons. The molecule has 1 aliphatic rings. The predicted octanol–water partition coefficient (Wildman–Crippen LogP) is 2.10. The molecule has 1 amide bonds. The largest absolute Gasteiger partial charge is 0.346 e. The first-order valence-electron chi connectivity index (χ1n) is 8.19. The Morgan fingerprint density at radius 3 is 2.96 bits per heavy atom. The third-order valence-electron chi connectivity index (χ3n) is 4.16. The van der Waals surface area contributed by atoms with Crippen LogP contribution in [0.5, 0.6) is 0 Å². The Labute approximate surface area is 149 Å². The number of hydrogen-bond acceptors (Lipinski definition) is 8. The third-order valence-corrected chi connectivity index (χ3v) is 5.67. The average molecular weight is 367 g/mol. The van der Waals surface area contributed by atoms with Gasteiger partial charge in [0.05, 0.1) is 6.04 Å². The van der Waals surface area contributed by atoms with Gasteiger partial charge in [-0.2, -0.15) is 4.37 Å². The SMILES string of the molecule is CCc1nsc(N2CCCN(C(C)C(=O)Nc3nccs3)CC2)n1. The van der Waals surface area contributed by atoms with Crippen LogP contribution in [-0.4, -0.2) is 57.4 Å². The molecule has 1 N–H and O–H groups in total. The highest BCUT2D eigenvalue weighted by atomic mass is 32.1. The molecular weight excluding hydrogens is 344 g/mol. The van der Waals surface area contributed by atoms with E-state index in [-0.39, 0.29) is 11.9 Å². The number of nitrogens with one attached hydrogen (secondary N) is 1. The minimum atomic E-state index is -0.172. The minimum absolute atomic E-state index is 0.00239. The van der Waals surface area contributed by atoms with E-state index in [4.69, 9.17) is 0 Å². The molecule has 0 spiro atoms. The summed E-state index contributed by atoms with van der Waals surface area (Å²) in [5.74, 6) is 0.912. The van der Waals surface area contributed by atoms with Crippen LogP contribution in [0, 0.1) is 0 Å². The van der Waals surface area contributed by atoms with Crippen molar-refractivity contribution in [2.24, 2.45) is 0 Å². The fourth-order valence-electron chi connectivity index (χ4n) is 2.69. The number of amides is 1. The molecule has 24 heavy (non-hydrogen) atoms. The van der Waals surface area contributed by atoms with Crippen LogP contribution in [0.4, 0.5) is 10.3 Å². The molecule has 0 saturated carbocycles. The molecule has 7 nitrogen and oxygen atoms in total. The van der Waals surface area contributed by atoms with Crippen molar-refractivity contribution in [2.75, 3.05) is 36.4 Å². The molecule has 0 aromatic carbocycles. The number of hydrogen-bond donors (Lipinski definition) is 1. The van der Waals surface area contributed by atoms with Gasteiger partial charge < -0.3 is 10.2 Å². The van der Waals surface area contributed by atoms with E-state index in [1.165, 1.54) is 22.9 Å². The molecule has 3 heterocycles. The van der Waals surface area contributed by atoms with Crippen molar-refractivity contribution in [3.8, 4) is 0 Å². The lowest BCUT2D eigenvalue weighted by Crippen LogP contribution is -2.43. The molecule has 3 rings (SSSR count). The summed E-state index contributed by atoms with van der Waals surface area (Å²) in [6, 6.07) is -0.172. The van der Waals surface area contributed by atoms with Gasteiger partial charge in [0.1, 0.15) is 5.82 Å². The standard InChI is InChI=1S/C15H22N6OS2/c1-3-12-17-15(24-19-12)21-7-4-6-20(8-9-21)11(2)13(22)18-14-16-5-10-23-14/h5,10-11H,3-4,6-9H2,1-2H3,(H,16,18,22). The van der Waals surface area contributed by atoms with Gasteiger partial charge in [0.2, 0.25) is 11.0 Å². The Hall–Kier alpha value is -1.58. The van der Waals surface area contributed by atoms with Crippen molar-refractivity contribution in [1.29, 1.82) is 0 Å². The molecule has 1 saturated heterocycles. The maximum atomic E-state index is 12.4. The zero-order valence-corrected chi connectivity index (χ0v) is 15.6. The molecule has 1 atom stereocenters. The molecule has 9 heteroatoms. The lowest BCUT2D eigenvalue weighted by Gasteiger charge is -2.26.